The quantitative estimate of drug-likeness (QED) is 0.0976. The van der Waals surface area contributed by atoms with Gasteiger partial charge in [0.25, 0.3) is 0 Å². The molecule has 1 aromatic heterocycles. The van der Waals surface area contributed by atoms with Gasteiger partial charge in [-0.15, -0.1) is 0 Å². The van der Waals surface area contributed by atoms with E-state index in [4.69, 9.17) is 21.7 Å². The number of carbonyl (C=O) groups is 6. The van der Waals surface area contributed by atoms with Crippen LogP contribution in [0.25, 0.3) is 10.9 Å². The Morgan fingerprint density at radius 1 is 0.805 bits per heavy atom. The number of benzene rings is 1. The van der Waals surface area contributed by atoms with Crippen LogP contribution in [-0.4, -0.2) is 86.6 Å². The van der Waals surface area contributed by atoms with E-state index in [-0.39, 0.29) is 25.8 Å². The molecule has 3 amide bonds. The summed E-state index contributed by atoms with van der Waals surface area (Å²) < 4.78 is 0. The average molecular weight is 577 g/mol. The number of aromatic nitrogens is 1. The van der Waals surface area contributed by atoms with E-state index in [1.807, 2.05) is 24.3 Å². The smallest absolute Gasteiger partial charge is 0.326 e. The highest BCUT2D eigenvalue weighted by molar-refractivity contribution is 5.95. The number of fused-ring (bicyclic) bond motifs is 1. The van der Waals surface area contributed by atoms with Gasteiger partial charge in [-0.25, -0.2) is 4.79 Å². The third-order valence-electron chi connectivity index (χ3n) is 6.30. The molecule has 4 atom stereocenters. The third-order valence-corrected chi connectivity index (χ3v) is 6.30. The van der Waals surface area contributed by atoms with Gasteiger partial charge in [0, 0.05) is 23.5 Å². The van der Waals surface area contributed by atoms with E-state index < -0.39 is 72.6 Å². The molecule has 0 radical (unpaired) electrons. The zero-order valence-corrected chi connectivity index (χ0v) is 22.3. The zero-order chi connectivity index (χ0) is 30.5. The van der Waals surface area contributed by atoms with Gasteiger partial charge in [0.2, 0.25) is 17.7 Å². The summed E-state index contributed by atoms with van der Waals surface area (Å²) in [6, 6.07) is 1.86. The maximum atomic E-state index is 13.2. The highest BCUT2D eigenvalue weighted by Crippen LogP contribution is 2.19. The lowest BCUT2D eigenvalue weighted by Gasteiger charge is -2.25. The minimum Gasteiger partial charge on any atom is -0.481 e. The zero-order valence-electron chi connectivity index (χ0n) is 22.3. The number of nitrogens with two attached hydrogens (primary N) is 2. The largest absolute Gasteiger partial charge is 0.481 e. The first kappa shape index (κ1) is 32.7. The van der Waals surface area contributed by atoms with Crippen LogP contribution in [-0.2, 0) is 35.2 Å². The topological polar surface area (TPSA) is 267 Å². The SMILES string of the molecule is NCCCCC(NC(=O)C(CCC(=O)O)NC(=O)C(N)Cc1c[nH]c2ccccc12)C(=O)NC(CC(=O)O)C(=O)O. The summed E-state index contributed by atoms with van der Waals surface area (Å²) in [6.45, 7) is 0.282. The van der Waals surface area contributed by atoms with Crippen molar-refractivity contribution in [2.24, 2.45) is 11.5 Å². The fourth-order valence-corrected chi connectivity index (χ4v) is 4.13. The van der Waals surface area contributed by atoms with Crippen molar-refractivity contribution < 1.29 is 44.1 Å². The number of hydrogen-bond donors (Lipinski definition) is 9. The molecule has 11 N–H and O–H groups in total. The van der Waals surface area contributed by atoms with Gasteiger partial charge in [0.1, 0.15) is 18.1 Å². The second kappa shape index (κ2) is 15.9. The minimum absolute atomic E-state index is 0.0217. The lowest BCUT2D eigenvalue weighted by Crippen LogP contribution is -2.57. The summed E-state index contributed by atoms with van der Waals surface area (Å²) in [7, 11) is 0. The van der Waals surface area contributed by atoms with E-state index >= 15 is 0 Å². The monoisotopic (exact) mass is 576 g/mol. The Kier molecular flexibility index (Phi) is 12.7. The van der Waals surface area contributed by atoms with Gasteiger partial charge in [-0.3, -0.25) is 24.0 Å². The minimum atomic E-state index is -1.75. The highest BCUT2D eigenvalue weighted by atomic mass is 16.4. The Hall–Kier alpha value is -4.50. The maximum Gasteiger partial charge on any atom is 0.326 e. The molecule has 41 heavy (non-hydrogen) atoms. The van der Waals surface area contributed by atoms with Crippen LogP contribution < -0.4 is 27.4 Å². The molecule has 0 spiro atoms. The van der Waals surface area contributed by atoms with Crippen molar-refractivity contribution in [2.75, 3.05) is 6.54 Å². The van der Waals surface area contributed by atoms with Crippen molar-refractivity contribution in [3.63, 3.8) is 0 Å². The molecule has 0 saturated carbocycles. The number of unbranched alkanes of at least 4 members (excludes halogenated alkanes) is 1. The first-order chi connectivity index (χ1) is 19.4. The number of para-hydroxylation sites is 1. The normalized spacial score (nSPS) is 13.9. The number of hydrogen-bond acceptors (Lipinski definition) is 8. The van der Waals surface area contributed by atoms with E-state index in [0.29, 0.717) is 12.8 Å². The molecule has 2 aromatic rings. The number of aromatic amines is 1. The molecular formula is C26H36N6O9. The Morgan fingerprint density at radius 2 is 1.41 bits per heavy atom. The average Bonchev–Trinajstić information content (AvgIpc) is 3.32. The van der Waals surface area contributed by atoms with Crippen molar-refractivity contribution in [3.05, 3.63) is 36.0 Å². The second-order valence-corrected chi connectivity index (χ2v) is 9.51. The lowest BCUT2D eigenvalue weighted by atomic mass is 10.0. The van der Waals surface area contributed by atoms with E-state index in [9.17, 15) is 33.9 Å². The van der Waals surface area contributed by atoms with Crippen LogP contribution in [0.2, 0.25) is 0 Å². The van der Waals surface area contributed by atoms with Crippen molar-refractivity contribution in [1.29, 1.82) is 0 Å². The maximum absolute atomic E-state index is 13.2. The molecule has 4 unspecified atom stereocenters. The molecule has 1 heterocycles. The summed E-state index contributed by atoms with van der Waals surface area (Å²) in [6.07, 6.45) is 0.982. The van der Waals surface area contributed by atoms with Gasteiger partial charge in [-0.05, 0) is 50.3 Å². The van der Waals surface area contributed by atoms with Gasteiger partial charge in [0.15, 0.2) is 0 Å². The van der Waals surface area contributed by atoms with E-state index in [0.717, 1.165) is 16.5 Å². The first-order valence-electron chi connectivity index (χ1n) is 13.0. The first-order valence-corrected chi connectivity index (χ1v) is 13.0. The number of H-pyrrole nitrogens is 1. The van der Waals surface area contributed by atoms with Crippen molar-refractivity contribution in [3.8, 4) is 0 Å². The molecule has 0 bridgehead atoms. The van der Waals surface area contributed by atoms with E-state index in [1.165, 1.54) is 0 Å². The Labute approximate surface area is 235 Å². The van der Waals surface area contributed by atoms with Gasteiger partial charge in [0.05, 0.1) is 12.5 Å². The second-order valence-electron chi connectivity index (χ2n) is 9.51. The fraction of sp³-hybridized carbons (Fsp3) is 0.462. The van der Waals surface area contributed by atoms with Crippen LogP contribution in [0, 0.1) is 0 Å². The van der Waals surface area contributed by atoms with Gasteiger partial charge < -0.3 is 47.7 Å². The Morgan fingerprint density at radius 3 is 2.02 bits per heavy atom. The van der Waals surface area contributed by atoms with E-state index in [1.54, 1.807) is 6.20 Å². The molecule has 0 aliphatic carbocycles. The van der Waals surface area contributed by atoms with Gasteiger partial charge in [-0.1, -0.05) is 18.2 Å². The third kappa shape index (κ3) is 10.5. The van der Waals surface area contributed by atoms with Crippen molar-refractivity contribution in [2.45, 2.75) is 69.1 Å². The molecule has 0 fully saturated rings. The van der Waals surface area contributed by atoms with Crippen LogP contribution in [0.5, 0.6) is 0 Å². The number of rotatable bonds is 18. The molecule has 0 aliphatic rings. The van der Waals surface area contributed by atoms with E-state index in [2.05, 4.69) is 20.9 Å². The van der Waals surface area contributed by atoms with Crippen LogP contribution >= 0.6 is 0 Å². The van der Waals surface area contributed by atoms with Crippen LogP contribution in [0.15, 0.2) is 30.5 Å². The number of aliphatic carboxylic acids is 3. The van der Waals surface area contributed by atoms with Crippen molar-refractivity contribution in [1.82, 2.24) is 20.9 Å². The summed E-state index contributed by atoms with van der Waals surface area (Å²) in [5.74, 6) is -6.83. The van der Waals surface area contributed by atoms with Crippen LogP contribution in [0.3, 0.4) is 0 Å². The molecule has 2 rings (SSSR count). The number of amides is 3. The fourth-order valence-electron chi connectivity index (χ4n) is 4.13. The summed E-state index contributed by atoms with van der Waals surface area (Å²) >= 11 is 0. The standard InChI is InChI=1S/C26H36N6O9/c27-10-4-3-7-18(24(38)32-20(26(40)41)12-22(35)36)31-25(39)19(8-9-21(33)34)30-23(37)16(28)11-14-13-29-17-6-2-1-5-15(14)17/h1-2,5-6,13,16,18-20,29H,3-4,7-12,27-28H2,(H,30,37)(H,31,39)(H,32,38)(H,33,34)(H,35,36)(H,40,41). The summed E-state index contributed by atoms with van der Waals surface area (Å²) in [5.41, 5.74) is 13.2. The van der Waals surface area contributed by atoms with Crippen LogP contribution in [0.4, 0.5) is 0 Å². The number of carbonyl (C=O) groups excluding carboxylic acids is 3. The molecule has 224 valence electrons. The Bertz CT molecular complexity index is 1250. The molecule has 0 aliphatic heterocycles. The predicted molar refractivity (Wildman–Crippen MR) is 145 cm³/mol. The Balaban J connectivity index is 2.16. The summed E-state index contributed by atoms with van der Waals surface area (Å²) in [4.78, 5) is 75.6. The lowest BCUT2D eigenvalue weighted by molar-refractivity contribution is -0.147. The highest BCUT2D eigenvalue weighted by Gasteiger charge is 2.31. The van der Waals surface area contributed by atoms with Crippen molar-refractivity contribution >= 4 is 46.5 Å². The van der Waals surface area contributed by atoms with Crippen LogP contribution in [0.1, 0.15) is 44.1 Å². The van der Waals surface area contributed by atoms with Gasteiger partial charge >= 0.3 is 17.9 Å². The molecule has 1 aromatic carbocycles. The van der Waals surface area contributed by atoms with Gasteiger partial charge in [-0.2, -0.15) is 0 Å². The molecule has 15 nitrogen and oxygen atoms in total. The molecular weight excluding hydrogens is 540 g/mol. The number of carboxylic acids is 3. The number of carboxylic acid groups (broad SMARTS) is 3. The number of nitrogens with one attached hydrogen (secondary N) is 4. The predicted octanol–water partition coefficient (Wildman–Crippen LogP) is -0.955. The molecule has 15 heteroatoms. The molecule has 0 saturated heterocycles. The summed E-state index contributed by atoms with van der Waals surface area (Å²) in [5, 5.41) is 35.2.